The number of nitro groups is 1. The van der Waals surface area contributed by atoms with Crippen LogP contribution >= 0.6 is 12.6 Å². The first-order valence-electron chi connectivity index (χ1n) is 10.0. The van der Waals surface area contributed by atoms with E-state index in [0.29, 0.717) is 31.6 Å². The number of amides is 2. The maximum Gasteiger partial charge on any atom is 0.410 e. The molecule has 0 saturated carbocycles. The number of likely N-dealkylation sites (tertiary alicyclic amines) is 2. The molecule has 1 aromatic heterocycles. The molecule has 0 spiro atoms. The molecule has 0 N–H and O–H groups in total. The van der Waals surface area contributed by atoms with Crippen LogP contribution in [-0.2, 0) is 16.1 Å². The average molecular weight is 446 g/mol. The third-order valence-corrected chi connectivity index (χ3v) is 6.10. The van der Waals surface area contributed by atoms with Gasteiger partial charge in [-0.05, 0) is 30.5 Å². The Morgan fingerprint density at radius 3 is 2.71 bits per heavy atom. The molecule has 2 aromatic rings. The predicted octanol–water partition coefficient (Wildman–Crippen LogP) is 2.27. The number of hydrogen-bond acceptors (Lipinski definition) is 7. The summed E-state index contributed by atoms with van der Waals surface area (Å²) >= 11 is 4.48. The summed E-state index contributed by atoms with van der Waals surface area (Å²) in [5, 5.41) is 10.6. The fourth-order valence-electron chi connectivity index (χ4n) is 4.07. The monoisotopic (exact) mass is 445 g/mol. The number of nitro benzene ring substituents is 1. The number of rotatable bonds is 5. The van der Waals surface area contributed by atoms with Gasteiger partial charge in [0.05, 0.1) is 17.3 Å². The lowest BCUT2D eigenvalue weighted by Gasteiger charge is -2.27. The molecule has 0 unspecified atom stereocenters. The van der Waals surface area contributed by atoms with Gasteiger partial charge in [-0.1, -0.05) is 0 Å². The maximum atomic E-state index is 13.2. The summed E-state index contributed by atoms with van der Waals surface area (Å²) in [6.45, 7) is 1.50. The summed E-state index contributed by atoms with van der Waals surface area (Å²) in [7, 11) is 0. The molecule has 0 bridgehead atoms. The van der Waals surface area contributed by atoms with Crippen molar-refractivity contribution >= 4 is 30.3 Å². The number of non-ortho nitro benzene ring substituents is 1. The van der Waals surface area contributed by atoms with Crippen LogP contribution in [0.1, 0.15) is 24.4 Å². The van der Waals surface area contributed by atoms with E-state index in [-0.39, 0.29) is 29.5 Å². The minimum absolute atomic E-state index is 0.0298. The molecule has 2 aliphatic heterocycles. The van der Waals surface area contributed by atoms with Crippen molar-refractivity contribution in [2.24, 2.45) is 0 Å². The van der Waals surface area contributed by atoms with Crippen molar-refractivity contribution in [3.05, 3.63) is 58.7 Å². The van der Waals surface area contributed by atoms with E-state index >= 15 is 0 Å². The molecule has 1 aromatic carbocycles. The molecule has 3 atom stereocenters. The van der Waals surface area contributed by atoms with Crippen molar-refractivity contribution in [3.63, 3.8) is 0 Å². The average Bonchev–Trinajstić information content (AvgIpc) is 3.51. The third kappa shape index (κ3) is 4.66. The first kappa shape index (κ1) is 21.2. The molecular weight excluding hydrogens is 422 g/mol. The highest BCUT2D eigenvalue weighted by molar-refractivity contribution is 7.81. The number of carbonyl (C=O) groups is 2. The van der Waals surface area contributed by atoms with Gasteiger partial charge in [-0.2, -0.15) is 12.6 Å². The summed E-state index contributed by atoms with van der Waals surface area (Å²) in [6.07, 6.45) is 6.08. The number of imidazole rings is 1. The predicted molar refractivity (Wildman–Crippen MR) is 114 cm³/mol. The number of ether oxygens (including phenoxy) is 1. The Morgan fingerprint density at radius 2 is 2.03 bits per heavy atom. The molecular formula is C20H23N5O5S. The topological polar surface area (TPSA) is 111 Å². The van der Waals surface area contributed by atoms with Gasteiger partial charge in [0.2, 0.25) is 5.91 Å². The highest BCUT2D eigenvalue weighted by atomic mass is 32.1. The summed E-state index contributed by atoms with van der Waals surface area (Å²) < 4.78 is 7.38. The zero-order valence-electron chi connectivity index (χ0n) is 16.7. The van der Waals surface area contributed by atoms with E-state index in [9.17, 15) is 19.7 Å². The molecule has 2 saturated heterocycles. The van der Waals surface area contributed by atoms with Gasteiger partial charge in [0.1, 0.15) is 12.6 Å². The lowest BCUT2D eigenvalue weighted by Crippen LogP contribution is -2.47. The molecule has 10 nitrogen and oxygen atoms in total. The van der Waals surface area contributed by atoms with E-state index in [0.717, 1.165) is 6.42 Å². The van der Waals surface area contributed by atoms with Gasteiger partial charge in [0.15, 0.2) is 0 Å². The lowest BCUT2D eigenvalue weighted by molar-refractivity contribution is -0.384. The van der Waals surface area contributed by atoms with E-state index in [1.165, 1.54) is 17.0 Å². The summed E-state index contributed by atoms with van der Waals surface area (Å²) in [4.78, 5) is 43.4. The Kier molecular flexibility index (Phi) is 6.12. The van der Waals surface area contributed by atoms with Crippen LogP contribution in [-0.4, -0.2) is 67.2 Å². The summed E-state index contributed by atoms with van der Waals surface area (Å²) in [5.41, 5.74) is 0.601. The number of benzene rings is 1. The van der Waals surface area contributed by atoms with Crippen molar-refractivity contribution in [3.8, 4) is 0 Å². The van der Waals surface area contributed by atoms with E-state index in [4.69, 9.17) is 4.74 Å². The van der Waals surface area contributed by atoms with Gasteiger partial charge in [-0.3, -0.25) is 19.8 Å². The second-order valence-electron chi connectivity index (χ2n) is 7.77. The molecule has 2 amide bonds. The van der Waals surface area contributed by atoms with Crippen molar-refractivity contribution in [2.45, 2.75) is 36.8 Å². The third-order valence-electron chi connectivity index (χ3n) is 5.73. The van der Waals surface area contributed by atoms with E-state index in [1.807, 2.05) is 10.8 Å². The zero-order chi connectivity index (χ0) is 22.0. The van der Waals surface area contributed by atoms with Crippen LogP contribution in [0.4, 0.5) is 10.5 Å². The van der Waals surface area contributed by atoms with Crippen molar-refractivity contribution in [1.29, 1.82) is 0 Å². The fourth-order valence-corrected chi connectivity index (χ4v) is 4.45. The largest absolute Gasteiger partial charge is 0.445 e. The summed E-state index contributed by atoms with van der Waals surface area (Å²) in [5.74, 6) is -0.0912. The SMILES string of the molecule is O=C([C@@H]1C[C@H](S)CN1C(=O)OCc1ccc([N+](=O)[O-])cc1)N1CC[C@H](n2ccnc2)C1. The second kappa shape index (κ2) is 8.96. The molecule has 2 aliphatic rings. The highest BCUT2D eigenvalue weighted by Crippen LogP contribution is 2.28. The Morgan fingerprint density at radius 1 is 1.26 bits per heavy atom. The standard InChI is InChI=1S/C20H23N5O5S/c26-19(22-7-5-16(10-22)23-8-6-21-13-23)18-9-17(31)11-24(18)20(27)30-12-14-1-3-15(4-2-14)25(28)29/h1-4,6,8,13,16-18,31H,5,7,9-12H2/t16-,17-,18-/m0/s1. The van der Waals surface area contributed by atoms with Crippen molar-refractivity contribution in [2.75, 3.05) is 19.6 Å². The number of carbonyl (C=O) groups excluding carboxylic acids is 2. The van der Waals surface area contributed by atoms with Crippen LogP contribution in [0.25, 0.3) is 0 Å². The minimum Gasteiger partial charge on any atom is -0.445 e. The van der Waals surface area contributed by atoms with Crippen LogP contribution in [0.5, 0.6) is 0 Å². The summed E-state index contributed by atoms with van der Waals surface area (Å²) in [6, 6.07) is 5.38. The minimum atomic E-state index is -0.603. The second-order valence-corrected chi connectivity index (χ2v) is 8.50. The molecule has 0 radical (unpaired) electrons. The Labute approximate surface area is 184 Å². The normalized spacial score (nSPS) is 23.2. The molecule has 164 valence electrons. The van der Waals surface area contributed by atoms with Crippen molar-refractivity contribution < 1.29 is 19.2 Å². The molecule has 31 heavy (non-hydrogen) atoms. The van der Waals surface area contributed by atoms with E-state index < -0.39 is 17.1 Å². The Balaban J connectivity index is 1.36. The van der Waals surface area contributed by atoms with Crippen LogP contribution in [0, 0.1) is 10.1 Å². The number of hydrogen-bond donors (Lipinski definition) is 1. The van der Waals surface area contributed by atoms with Crippen LogP contribution in [0.2, 0.25) is 0 Å². The molecule has 2 fully saturated rings. The molecule has 4 rings (SSSR count). The molecule has 3 heterocycles. The van der Waals surface area contributed by atoms with Crippen molar-refractivity contribution in [1.82, 2.24) is 19.4 Å². The van der Waals surface area contributed by atoms with Gasteiger partial charge < -0.3 is 14.2 Å². The first-order valence-corrected chi connectivity index (χ1v) is 10.5. The van der Waals surface area contributed by atoms with Gasteiger partial charge >= 0.3 is 6.09 Å². The van der Waals surface area contributed by atoms with Crippen LogP contribution in [0.3, 0.4) is 0 Å². The molecule has 11 heteroatoms. The maximum absolute atomic E-state index is 13.2. The Bertz CT molecular complexity index is 951. The number of thiol groups is 1. The van der Waals surface area contributed by atoms with Gasteiger partial charge in [0, 0.05) is 49.4 Å². The zero-order valence-corrected chi connectivity index (χ0v) is 17.6. The highest BCUT2D eigenvalue weighted by Gasteiger charge is 2.42. The fraction of sp³-hybridized carbons (Fsp3) is 0.450. The first-order chi connectivity index (χ1) is 14.9. The van der Waals surface area contributed by atoms with E-state index in [2.05, 4.69) is 17.6 Å². The van der Waals surface area contributed by atoms with Crippen LogP contribution < -0.4 is 0 Å². The van der Waals surface area contributed by atoms with Gasteiger partial charge in [-0.15, -0.1) is 0 Å². The smallest absolute Gasteiger partial charge is 0.410 e. The van der Waals surface area contributed by atoms with E-state index in [1.54, 1.807) is 29.6 Å². The molecule has 0 aliphatic carbocycles. The number of aromatic nitrogens is 2. The van der Waals surface area contributed by atoms with Crippen LogP contribution in [0.15, 0.2) is 43.0 Å². The van der Waals surface area contributed by atoms with Gasteiger partial charge in [-0.25, -0.2) is 9.78 Å². The number of nitrogens with zero attached hydrogens (tertiary/aromatic N) is 5. The lowest BCUT2D eigenvalue weighted by atomic mass is 10.2. The Hall–Kier alpha value is -3.08. The van der Waals surface area contributed by atoms with Gasteiger partial charge in [0.25, 0.3) is 5.69 Å². The quantitative estimate of drug-likeness (QED) is 0.429.